The fraction of sp³-hybridized carbons (Fsp3) is 0.316. The Labute approximate surface area is 144 Å². The van der Waals surface area contributed by atoms with Gasteiger partial charge in [-0.05, 0) is 49.1 Å². The van der Waals surface area contributed by atoms with Crippen LogP contribution in [0.1, 0.15) is 40.9 Å². The second-order valence-electron chi connectivity index (χ2n) is 6.72. The van der Waals surface area contributed by atoms with Gasteiger partial charge in [0, 0.05) is 36.0 Å². The van der Waals surface area contributed by atoms with Crippen LogP contribution in [-0.2, 0) is 16.6 Å². The van der Waals surface area contributed by atoms with Crippen LogP contribution in [0.5, 0.6) is 0 Å². The van der Waals surface area contributed by atoms with E-state index in [2.05, 4.69) is 15.6 Å². The van der Waals surface area contributed by atoms with E-state index in [0.717, 1.165) is 24.1 Å². The van der Waals surface area contributed by atoms with Gasteiger partial charge >= 0.3 is 0 Å². The average Bonchev–Trinajstić information content (AvgIpc) is 3.41. The van der Waals surface area contributed by atoms with Crippen molar-refractivity contribution >= 4 is 17.5 Å². The number of halogens is 1. The van der Waals surface area contributed by atoms with E-state index in [9.17, 15) is 14.0 Å². The highest BCUT2D eigenvalue weighted by molar-refractivity contribution is 5.98. The third-order valence-electron chi connectivity index (χ3n) is 4.98. The molecule has 6 heteroatoms. The molecule has 1 aliphatic carbocycles. The fourth-order valence-electron chi connectivity index (χ4n) is 3.27. The van der Waals surface area contributed by atoms with Crippen molar-refractivity contribution in [1.82, 2.24) is 10.3 Å². The van der Waals surface area contributed by atoms with Crippen molar-refractivity contribution in [3.05, 3.63) is 59.2 Å². The number of nitrogens with zero attached hydrogens (tertiary/aromatic N) is 1. The van der Waals surface area contributed by atoms with E-state index in [1.54, 1.807) is 12.3 Å². The van der Waals surface area contributed by atoms with Crippen LogP contribution in [-0.4, -0.2) is 23.3 Å². The first kappa shape index (κ1) is 15.7. The van der Waals surface area contributed by atoms with Crippen molar-refractivity contribution in [3.8, 4) is 0 Å². The number of fused-ring (bicyclic) bond motifs is 1. The van der Waals surface area contributed by atoms with Gasteiger partial charge in [-0.25, -0.2) is 4.39 Å². The van der Waals surface area contributed by atoms with E-state index in [4.69, 9.17) is 0 Å². The van der Waals surface area contributed by atoms with Gasteiger partial charge in [0.15, 0.2) is 0 Å². The molecule has 2 amide bonds. The van der Waals surface area contributed by atoms with Crippen molar-refractivity contribution in [3.63, 3.8) is 0 Å². The van der Waals surface area contributed by atoms with E-state index in [-0.39, 0.29) is 16.9 Å². The Balaban J connectivity index is 1.50. The lowest BCUT2D eigenvalue weighted by molar-refractivity contribution is -0.116. The standard InChI is InChI=1S/C19H18FN3O2/c20-14-10-15-12(4-5-17(24)23-15)9-13(14)18(25)22-11-19(6-7-19)16-3-1-2-8-21-16/h1-3,8-10H,4-7,11H2,(H,22,25)(H,23,24). The summed E-state index contributed by atoms with van der Waals surface area (Å²) in [7, 11) is 0. The molecule has 0 saturated heterocycles. The number of pyridine rings is 1. The largest absolute Gasteiger partial charge is 0.351 e. The lowest BCUT2D eigenvalue weighted by Gasteiger charge is -2.19. The highest BCUT2D eigenvalue weighted by atomic mass is 19.1. The summed E-state index contributed by atoms with van der Waals surface area (Å²) in [5.74, 6) is -1.18. The molecule has 0 bridgehead atoms. The fourth-order valence-corrected chi connectivity index (χ4v) is 3.27. The number of carbonyl (C=O) groups excluding carboxylic acids is 2. The van der Waals surface area contributed by atoms with Crippen LogP contribution in [0.25, 0.3) is 0 Å². The number of hydrogen-bond acceptors (Lipinski definition) is 3. The summed E-state index contributed by atoms with van der Waals surface area (Å²) < 4.78 is 14.3. The third kappa shape index (κ3) is 2.99. The van der Waals surface area contributed by atoms with Crippen molar-refractivity contribution in [1.29, 1.82) is 0 Å². The molecule has 25 heavy (non-hydrogen) atoms. The zero-order chi connectivity index (χ0) is 17.4. The molecule has 1 aliphatic heterocycles. The van der Waals surface area contributed by atoms with Crippen LogP contribution < -0.4 is 10.6 Å². The number of anilines is 1. The number of nitrogens with one attached hydrogen (secondary N) is 2. The third-order valence-corrected chi connectivity index (χ3v) is 4.98. The molecule has 1 aromatic carbocycles. The number of aromatic nitrogens is 1. The number of amides is 2. The maximum atomic E-state index is 14.3. The lowest BCUT2D eigenvalue weighted by Crippen LogP contribution is -2.33. The minimum absolute atomic E-state index is 0.0201. The molecule has 5 nitrogen and oxygen atoms in total. The average molecular weight is 339 g/mol. The van der Waals surface area contributed by atoms with Crippen molar-refractivity contribution < 1.29 is 14.0 Å². The van der Waals surface area contributed by atoms with Gasteiger partial charge in [-0.3, -0.25) is 14.6 Å². The van der Waals surface area contributed by atoms with Gasteiger partial charge < -0.3 is 10.6 Å². The van der Waals surface area contributed by atoms with Crippen LogP contribution >= 0.6 is 0 Å². The Bertz CT molecular complexity index is 847. The minimum Gasteiger partial charge on any atom is -0.351 e. The molecule has 2 heterocycles. The Morgan fingerprint density at radius 3 is 2.84 bits per heavy atom. The molecule has 0 unspecified atom stereocenters. The van der Waals surface area contributed by atoms with Gasteiger partial charge in [0.2, 0.25) is 5.91 Å². The van der Waals surface area contributed by atoms with Gasteiger partial charge in [-0.1, -0.05) is 6.07 Å². The second-order valence-corrected chi connectivity index (χ2v) is 6.72. The summed E-state index contributed by atoms with van der Waals surface area (Å²) in [5, 5.41) is 5.49. The molecule has 0 atom stereocenters. The van der Waals surface area contributed by atoms with E-state index in [1.165, 1.54) is 6.07 Å². The second kappa shape index (κ2) is 5.95. The van der Waals surface area contributed by atoms with E-state index in [1.807, 2.05) is 18.2 Å². The molecule has 2 N–H and O–H groups in total. The Hall–Kier alpha value is -2.76. The highest BCUT2D eigenvalue weighted by Crippen LogP contribution is 2.46. The van der Waals surface area contributed by atoms with Crippen LogP contribution in [0.3, 0.4) is 0 Å². The maximum absolute atomic E-state index is 14.3. The molecule has 1 fully saturated rings. The molecule has 2 aliphatic rings. The molecular weight excluding hydrogens is 321 g/mol. The highest BCUT2D eigenvalue weighted by Gasteiger charge is 2.45. The van der Waals surface area contributed by atoms with E-state index < -0.39 is 11.7 Å². The molecule has 4 rings (SSSR count). The number of carbonyl (C=O) groups is 2. The van der Waals surface area contributed by atoms with Crippen LogP contribution in [0.15, 0.2) is 36.5 Å². The predicted octanol–water partition coefficient (Wildman–Crippen LogP) is 2.57. The van der Waals surface area contributed by atoms with Gasteiger partial charge in [0.1, 0.15) is 5.82 Å². The zero-order valence-electron chi connectivity index (χ0n) is 13.6. The van der Waals surface area contributed by atoms with Gasteiger partial charge in [-0.2, -0.15) is 0 Å². The summed E-state index contributed by atoms with van der Waals surface area (Å²) >= 11 is 0. The minimum atomic E-state index is -0.624. The topological polar surface area (TPSA) is 71.1 Å². The first-order valence-electron chi connectivity index (χ1n) is 8.39. The number of rotatable bonds is 4. The molecule has 1 aromatic heterocycles. The summed E-state index contributed by atoms with van der Waals surface area (Å²) in [6, 6.07) is 8.52. The molecule has 2 aromatic rings. The predicted molar refractivity (Wildman–Crippen MR) is 90.8 cm³/mol. The SMILES string of the molecule is O=C1CCc2cc(C(=O)NCC3(c4ccccn4)CC3)c(F)cc2N1. The van der Waals surface area contributed by atoms with Crippen LogP contribution in [0, 0.1) is 5.82 Å². The molecule has 1 saturated carbocycles. The Morgan fingerprint density at radius 2 is 2.12 bits per heavy atom. The summed E-state index contributed by atoms with van der Waals surface area (Å²) in [6.45, 7) is 0.441. The van der Waals surface area contributed by atoms with Crippen LogP contribution in [0.2, 0.25) is 0 Å². The van der Waals surface area contributed by atoms with Gasteiger partial charge in [0.25, 0.3) is 5.91 Å². The van der Waals surface area contributed by atoms with Crippen molar-refractivity contribution in [2.45, 2.75) is 31.1 Å². The number of hydrogen-bond donors (Lipinski definition) is 2. The number of aryl methyl sites for hydroxylation is 1. The zero-order valence-corrected chi connectivity index (χ0v) is 13.6. The van der Waals surface area contributed by atoms with Gasteiger partial charge in [-0.15, -0.1) is 0 Å². The molecule has 0 radical (unpaired) electrons. The monoisotopic (exact) mass is 339 g/mol. The molecule has 0 spiro atoms. The van der Waals surface area contributed by atoms with E-state index >= 15 is 0 Å². The Kier molecular flexibility index (Phi) is 3.75. The van der Waals surface area contributed by atoms with Crippen molar-refractivity contribution in [2.75, 3.05) is 11.9 Å². The van der Waals surface area contributed by atoms with Gasteiger partial charge in [0.05, 0.1) is 5.56 Å². The first-order valence-corrected chi connectivity index (χ1v) is 8.39. The smallest absolute Gasteiger partial charge is 0.254 e. The van der Waals surface area contributed by atoms with Crippen molar-refractivity contribution in [2.24, 2.45) is 0 Å². The first-order chi connectivity index (χ1) is 12.1. The molecule has 128 valence electrons. The Morgan fingerprint density at radius 1 is 1.28 bits per heavy atom. The number of benzene rings is 1. The molecular formula is C19H18FN3O2. The maximum Gasteiger partial charge on any atom is 0.254 e. The van der Waals surface area contributed by atoms with E-state index in [0.29, 0.717) is 25.1 Å². The normalized spacial score (nSPS) is 17.4. The quantitative estimate of drug-likeness (QED) is 0.899. The summed E-state index contributed by atoms with van der Waals surface area (Å²) in [5.41, 5.74) is 2.10. The van der Waals surface area contributed by atoms with Crippen LogP contribution in [0.4, 0.5) is 10.1 Å². The summed E-state index contributed by atoms with van der Waals surface area (Å²) in [6.07, 6.45) is 4.53. The lowest BCUT2D eigenvalue weighted by atomic mass is 9.99. The summed E-state index contributed by atoms with van der Waals surface area (Å²) in [4.78, 5) is 28.2.